The van der Waals surface area contributed by atoms with E-state index in [1.807, 2.05) is 60.9 Å². The van der Waals surface area contributed by atoms with Crippen molar-refractivity contribution in [3.63, 3.8) is 0 Å². The van der Waals surface area contributed by atoms with Crippen molar-refractivity contribution in [3.8, 4) is 22.6 Å². The van der Waals surface area contributed by atoms with Crippen LogP contribution in [0.3, 0.4) is 0 Å². The lowest BCUT2D eigenvalue weighted by atomic mass is 10.1. The molecule has 2 heterocycles. The largest absolute Gasteiger partial charge is 0.338 e. The van der Waals surface area contributed by atoms with Crippen LogP contribution in [0.25, 0.3) is 22.6 Å². The van der Waals surface area contributed by atoms with Crippen molar-refractivity contribution < 1.29 is 4.52 Å². The van der Waals surface area contributed by atoms with Gasteiger partial charge in [0.05, 0.1) is 11.4 Å². The van der Waals surface area contributed by atoms with E-state index in [9.17, 15) is 0 Å². The Morgan fingerprint density at radius 1 is 0.852 bits per heavy atom. The summed E-state index contributed by atoms with van der Waals surface area (Å²) < 4.78 is 5.36. The van der Waals surface area contributed by atoms with Gasteiger partial charge in [-0.15, -0.1) is 22.0 Å². The highest BCUT2D eigenvalue weighted by molar-refractivity contribution is 7.98. The van der Waals surface area contributed by atoms with Crippen molar-refractivity contribution in [1.82, 2.24) is 20.3 Å². The van der Waals surface area contributed by atoms with Crippen LogP contribution in [0.2, 0.25) is 0 Å². The highest BCUT2D eigenvalue weighted by Crippen LogP contribution is 2.24. The minimum absolute atomic E-state index is 0.551. The molecule has 0 aliphatic rings. The zero-order valence-electron chi connectivity index (χ0n) is 14.6. The molecule has 27 heavy (non-hydrogen) atoms. The van der Waals surface area contributed by atoms with Crippen LogP contribution in [0.1, 0.15) is 5.89 Å². The van der Waals surface area contributed by atoms with Crippen LogP contribution >= 0.6 is 23.5 Å². The summed E-state index contributed by atoms with van der Waals surface area (Å²) >= 11 is 3.22. The van der Waals surface area contributed by atoms with Gasteiger partial charge in [0, 0.05) is 16.0 Å². The zero-order chi connectivity index (χ0) is 18.5. The van der Waals surface area contributed by atoms with Crippen molar-refractivity contribution in [2.75, 3.05) is 6.26 Å². The van der Waals surface area contributed by atoms with E-state index in [-0.39, 0.29) is 0 Å². The van der Waals surface area contributed by atoms with Crippen molar-refractivity contribution in [2.45, 2.75) is 15.7 Å². The second-order valence-corrected chi connectivity index (χ2v) is 7.53. The Kier molecular flexibility index (Phi) is 5.50. The third-order valence-corrected chi connectivity index (χ3v) is 5.52. The Labute approximate surface area is 165 Å². The quantitative estimate of drug-likeness (QED) is 0.417. The minimum Gasteiger partial charge on any atom is -0.338 e. The molecule has 0 aliphatic heterocycles. The lowest BCUT2D eigenvalue weighted by molar-refractivity contribution is 0.391. The molecule has 0 fully saturated rings. The normalized spacial score (nSPS) is 10.9. The smallest absolute Gasteiger partial charge is 0.237 e. The molecule has 134 valence electrons. The van der Waals surface area contributed by atoms with E-state index in [2.05, 4.69) is 32.5 Å². The average Bonchev–Trinajstić information content (AvgIpc) is 3.22. The van der Waals surface area contributed by atoms with E-state index in [1.165, 1.54) is 16.7 Å². The highest BCUT2D eigenvalue weighted by atomic mass is 32.2. The molecule has 2 aromatic carbocycles. The predicted molar refractivity (Wildman–Crippen MR) is 109 cm³/mol. The fraction of sp³-hybridized carbons (Fsp3) is 0.100. The average molecular weight is 393 g/mol. The number of benzene rings is 2. The number of nitrogens with zero attached hydrogens (tertiary/aromatic N) is 4. The molecule has 4 rings (SSSR count). The fourth-order valence-corrected chi connectivity index (χ4v) is 3.53. The lowest BCUT2D eigenvalue weighted by Crippen LogP contribution is -1.90. The summed E-state index contributed by atoms with van der Waals surface area (Å²) in [4.78, 5) is 5.67. The monoisotopic (exact) mass is 392 g/mol. The molecule has 7 heteroatoms. The maximum atomic E-state index is 5.36. The van der Waals surface area contributed by atoms with Crippen molar-refractivity contribution in [1.29, 1.82) is 0 Å². The minimum atomic E-state index is 0.551. The molecule has 0 bridgehead atoms. The third-order valence-electron chi connectivity index (χ3n) is 3.87. The highest BCUT2D eigenvalue weighted by Gasteiger charge is 2.10. The maximum absolute atomic E-state index is 5.36. The van der Waals surface area contributed by atoms with Crippen LogP contribution in [-0.4, -0.2) is 26.6 Å². The molecule has 0 aliphatic carbocycles. The third kappa shape index (κ3) is 4.37. The second kappa shape index (κ2) is 8.37. The van der Waals surface area contributed by atoms with E-state index in [4.69, 9.17) is 4.52 Å². The SMILES string of the molecule is CSc1ccc(-c2noc(CSc3ccc(-c4ccccc4)nn3)n2)cc1. The number of rotatable bonds is 6. The zero-order valence-corrected chi connectivity index (χ0v) is 16.2. The van der Waals surface area contributed by atoms with Gasteiger partial charge >= 0.3 is 0 Å². The van der Waals surface area contributed by atoms with Gasteiger partial charge in [0.1, 0.15) is 5.03 Å². The molecule has 0 saturated heterocycles. The Hall–Kier alpha value is -2.64. The van der Waals surface area contributed by atoms with E-state index in [0.29, 0.717) is 17.5 Å². The summed E-state index contributed by atoms with van der Waals surface area (Å²) in [6, 6.07) is 22.0. The van der Waals surface area contributed by atoms with E-state index < -0.39 is 0 Å². The standard InChI is InChI=1S/C20H16N4OS2/c1-26-16-9-7-15(8-10-16)20-21-18(25-24-20)13-27-19-12-11-17(22-23-19)14-5-3-2-4-6-14/h2-12H,13H2,1H3. The molecule has 0 radical (unpaired) electrons. The van der Waals surface area contributed by atoms with Gasteiger partial charge in [-0.2, -0.15) is 4.98 Å². The lowest BCUT2D eigenvalue weighted by Gasteiger charge is -2.01. The molecule has 0 saturated carbocycles. The van der Waals surface area contributed by atoms with Crippen LogP contribution in [0.5, 0.6) is 0 Å². The molecule has 0 N–H and O–H groups in total. The Balaban J connectivity index is 1.39. The molecule has 0 unspecified atom stereocenters. The summed E-state index contributed by atoms with van der Waals surface area (Å²) in [7, 11) is 0. The summed E-state index contributed by atoms with van der Waals surface area (Å²) in [5, 5.41) is 13.4. The van der Waals surface area contributed by atoms with E-state index >= 15 is 0 Å². The molecular formula is C20H16N4OS2. The Morgan fingerprint density at radius 3 is 2.37 bits per heavy atom. The first-order valence-electron chi connectivity index (χ1n) is 8.31. The van der Waals surface area contributed by atoms with Gasteiger partial charge < -0.3 is 4.52 Å². The number of thioether (sulfide) groups is 2. The summed E-state index contributed by atoms with van der Waals surface area (Å²) in [5.41, 5.74) is 2.85. The number of hydrogen-bond donors (Lipinski definition) is 0. The first-order valence-corrected chi connectivity index (χ1v) is 10.5. The maximum Gasteiger partial charge on any atom is 0.237 e. The molecule has 0 amide bonds. The van der Waals surface area contributed by atoms with Crippen molar-refractivity contribution in [3.05, 3.63) is 72.6 Å². The van der Waals surface area contributed by atoms with Crippen LogP contribution in [0.15, 0.2) is 81.2 Å². The Morgan fingerprint density at radius 2 is 1.67 bits per heavy atom. The van der Waals surface area contributed by atoms with Gasteiger partial charge in [-0.25, -0.2) is 0 Å². The van der Waals surface area contributed by atoms with E-state index in [1.54, 1.807) is 11.8 Å². The van der Waals surface area contributed by atoms with Gasteiger partial charge in [-0.05, 0) is 42.7 Å². The second-order valence-electron chi connectivity index (χ2n) is 5.65. The molecule has 2 aromatic heterocycles. The van der Waals surface area contributed by atoms with Crippen LogP contribution < -0.4 is 0 Å². The van der Waals surface area contributed by atoms with Crippen molar-refractivity contribution >= 4 is 23.5 Å². The van der Waals surface area contributed by atoms with Gasteiger partial charge in [0.15, 0.2) is 0 Å². The van der Waals surface area contributed by atoms with Crippen LogP contribution in [0.4, 0.5) is 0 Å². The van der Waals surface area contributed by atoms with E-state index in [0.717, 1.165) is 21.8 Å². The van der Waals surface area contributed by atoms with Crippen LogP contribution in [0, 0.1) is 0 Å². The first kappa shape index (κ1) is 17.8. The molecule has 0 atom stereocenters. The van der Waals surface area contributed by atoms with Crippen LogP contribution in [-0.2, 0) is 5.75 Å². The number of hydrogen-bond acceptors (Lipinski definition) is 7. The molecule has 5 nitrogen and oxygen atoms in total. The van der Waals surface area contributed by atoms with Gasteiger partial charge in [-0.3, -0.25) is 0 Å². The first-order chi connectivity index (χ1) is 13.3. The summed E-state index contributed by atoms with van der Waals surface area (Å²) in [6.07, 6.45) is 2.05. The van der Waals surface area contributed by atoms with Gasteiger partial charge in [0.2, 0.25) is 11.7 Å². The fourth-order valence-electron chi connectivity index (χ4n) is 2.47. The summed E-state index contributed by atoms with van der Waals surface area (Å²) in [5.74, 6) is 1.72. The predicted octanol–water partition coefficient (Wildman–Crippen LogP) is 5.21. The topological polar surface area (TPSA) is 64.7 Å². The molecule has 0 spiro atoms. The van der Waals surface area contributed by atoms with Gasteiger partial charge in [0.25, 0.3) is 0 Å². The molecule has 4 aromatic rings. The number of aromatic nitrogens is 4. The molecular weight excluding hydrogens is 376 g/mol. The van der Waals surface area contributed by atoms with Gasteiger partial charge in [-0.1, -0.05) is 47.3 Å². The van der Waals surface area contributed by atoms with Crippen molar-refractivity contribution in [2.24, 2.45) is 0 Å². The Bertz CT molecular complexity index is 1000. The summed E-state index contributed by atoms with van der Waals surface area (Å²) in [6.45, 7) is 0.